The number of carbonyl (C=O) groups excluding carboxylic acids is 1. The average molecular weight is 725 g/mol. The summed E-state index contributed by atoms with van der Waals surface area (Å²) in [6, 6.07) is 32.3. The van der Waals surface area contributed by atoms with E-state index in [1.165, 1.54) is 9.40 Å². The molecule has 2 aliphatic rings. The van der Waals surface area contributed by atoms with Crippen LogP contribution in [0.15, 0.2) is 103 Å². The number of fused-ring (bicyclic) bond motifs is 2. The molecule has 0 aliphatic carbocycles. The number of rotatable bonds is 8. The fourth-order valence-electron chi connectivity index (χ4n) is 5.77. The van der Waals surface area contributed by atoms with Crippen LogP contribution in [-0.2, 0) is 14.3 Å². The molecule has 2 aromatic heterocycles. The third-order valence-corrected chi connectivity index (χ3v) is 11.9. The lowest BCUT2D eigenvalue weighted by atomic mass is 9.96. The van der Waals surface area contributed by atoms with Crippen molar-refractivity contribution >= 4 is 67.0 Å². The quantitative estimate of drug-likeness (QED) is 0.123. The van der Waals surface area contributed by atoms with Crippen LogP contribution in [0.5, 0.6) is 0 Å². The van der Waals surface area contributed by atoms with E-state index >= 15 is 0 Å². The molecular weight excluding hydrogens is 689 g/mol. The molecule has 6 aromatic rings. The molecule has 4 aromatic carbocycles. The number of carboxylic acids is 1. The number of carboxylic acid groups (broad SMARTS) is 1. The van der Waals surface area contributed by atoms with E-state index in [1.807, 2.05) is 30.3 Å². The maximum Gasteiger partial charge on any atom is 0.310 e. The Morgan fingerprint density at radius 1 is 0.740 bits per heavy atom. The molecule has 3 unspecified atom stereocenters. The molecule has 3 atom stereocenters. The largest absolute Gasteiger partial charge is 0.481 e. The molecular formula is C38H36N4O5S3. The van der Waals surface area contributed by atoms with E-state index in [0.717, 1.165) is 60.4 Å². The third kappa shape index (κ3) is 8.13. The summed E-state index contributed by atoms with van der Waals surface area (Å²) >= 11 is 5.29. The Morgan fingerprint density at radius 2 is 1.26 bits per heavy atom. The molecule has 2 saturated heterocycles. The molecule has 0 bridgehead atoms. The Kier molecular flexibility index (Phi) is 11.0. The van der Waals surface area contributed by atoms with Gasteiger partial charge in [0.15, 0.2) is 5.78 Å². The van der Waals surface area contributed by atoms with Crippen LogP contribution in [0.4, 0.5) is 0 Å². The smallest absolute Gasteiger partial charge is 0.310 e. The van der Waals surface area contributed by atoms with Gasteiger partial charge < -0.3 is 14.6 Å². The van der Waals surface area contributed by atoms with E-state index in [-0.39, 0.29) is 18.0 Å². The van der Waals surface area contributed by atoms with Gasteiger partial charge in [-0.25, -0.2) is 18.6 Å². The van der Waals surface area contributed by atoms with Gasteiger partial charge in [0.25, 0.3) is 0 Å². The number of morpholine rings is 2. The highest BCUT2D eigenvalue weighted by atomic mass is 32.2. The van der Waals surface area contributed by atoms with Crippen molar-refractivity contribution in [2.45, 2.75) is 25.0 Å². The summed E-state index contributed by atoms with van der Waals surface area (Å²) in [6.45, 7) is 6.55. The van der Waals surface area contributed by atoms with Crippen molar-refractivity contribution in [2.75, 3.05) is 39.4 Å². The number of para-hydroxylation sites is 2. The molecule has 0 radical (unpaired) electrons. The predicted octanol–water partition coefficient (Wildman–Crippen LogP) is 8.02. The number of ketones is 1. The SMILES string of the molecule is CC(C(=O)O)c1cccc(C(=O)c2ccccc2)c1.c1ccc2sc(C3CN(SN4CCOC(c5nc6ccccc6s5)C4)CCO3)nc2c1. The summed E-state index contributed by atoms with van der Waals surface area (Å²) in [5.41, 5.74) is 3.86. The van der Waals surface area contributed by atoms with Crippen LogP contribution >= 0.6 is 34.8 Å². The zero-order valence-corrected chi connectivity index (χ0v) is 29.8. The van der Waals surface area contributed by atoms with Crippen LogP contribution in [0.25, 0.3) is 20.4 Å². The summed E-state index contributed by atoms with van der Waals surface area (Å²) in [5, 5.41) is 11.1. The first-order valence-corrected chi connectivity index (χ1v) is 18.8. The van der Waals surface area contributed by atoms with Gasteiger partial charge in [-0.2, -0.15) is 0 Å². The first-order valence-electron chi connectivity index (χ1n) is 16.5. The molecule has 256 valence electrons. The maximum absolute atomic E-state index is 12.2. The second kappa shape index (κ2) is 15.9. The number of hydrogen-bond acceptors (Lipinski definition) is 11. The van der Waals surface area contributed by atoms with Gasteiger partial charge in [-0.3, -0.25) is 9.59 Å². The molecule has 2 aliphatic heterocycles. The van der Waals surface area contributed by atoms with Crippen LogP contribution in [0, 0.1) is 0 Å². The normalized spacial score (nSPS) is 19.1. The molecule has 4 heterocycles. The molecule has 0 spiro atoms. The first kappa shape index (κ1) is 34.4. The van der Waals surface area contributed by atoms with E-state index in [9.17, 15) is 9.59 Å². The van der Waals surface area contributed by atoms with Crippen molar-refractivity contribution in [1.29, 1.82) is 0 Å². The number of thiazole rings is 2. The van der Waals surface area contributed by atoms with Crippen molar-refractivity contribution < 1.29 is 24.2 Å². The fourth-order valence-corrected chi connectivity index (χ4v) is 8.82. The minimum Gasteiger partial charge on any atom is -0.481 e. The van der Waals surface area contributed by atoms with Crippen molar-refractivity contribution in [3.05, 3.63) is 130 Å². The summed E-state index contributed by atoms with van der Waals surface area (Å²) in [6.07, 6.45) is 0.0551. The minimum absolute atomic E-state index is 0.0275. The Bertz CT molecular complexity index is 1930. The van der Waals surface area contributed by atoms with Gasteiger partial charge in [-0.1, -0.05) is 72.8 Å². The number of hydrogen-bond donors (Lipinski definition) is 1. The van der Waals surface area contributed by atoms with Crippen LogP contribution in [0.3, 0.4) is 0 Å². The van der Waals surface area contributed by atoms with E-state index in [4.69, 9.17) is 24.5 Å². The van der Waals surface area contributed by atoms with Gasteiger partial charge in [0.2, 0.25) is 0 Å². The second-order valence-corrected chi connectivity index (χ2v) is 15.3. The monoisotopic (exact) mass is 724 g/mol. The highest BCUT2D eigenvalue weighted by Gasteiger charge is 2.30. The van der Waals surface area contributed by atoms with E-state index in [0.29, 0.717) is 16.7 Å². The number of aromatic nitrogens is 2. The van der Waals surface area contributed by atoms with Gasteiger partial charge in [-0.15, -0.1) is 22.7 Å². The Balaban J connectivity index is 0.000000178. The lowest BCUT2D eigenvalue weighted by molar-refractivity contribution is -0.138. The van der Waals surface area contributed by atoms with Gasteiger partial charge in [-0.05, 0) is 42.8 Å². The molecule has 8 rings (SSSR count). The topological polar surface area (TPSA) is 105 Å². The fraction of sp³-hybridized carbons (Fsp3) is 0.263. The Hall–Kier alpha value is -4.01. The molecule has 0 saturated carbocycles. The Labute approximate surface area is 302 Å². The number of carbonyl (C=O) groups is 2. The van der Waals surface area contributed by atoms with Gasteiger partial charge in [0.05, 0.1) is 39.6 Å². The molecule has 9 nitrogen and oxygen atoms in total. The number of aliphatic carboxylic acids is 1. The third-order valence-electron chi connectivity index (χ3n) is 8.52. The summed E-state index contributed by atoms with van der Waals surface area (Å²) in [7, 11) is 0. The summed E-state index contributed by atoms with van der Waals surface area (Å²) in [4.78, 5) is 32.8. The molecule has 12 heteroatoms. The van der Waals surface area contributed by atoms with Gasteiger partial charge >= 0.3 is 5.97 Å². The summed E-state index contributed by atoms with van der Waals surface area (Å²) in [5.74, 6) is -1.62. The van der Waals surface area contributed by atoms with Crippen LogP contribution in [-0.4, -0.2) is 74.8 Å². The number of benzene rings is 4. The van der Waals surface area contributed by atoms with Gasteiger partial charge in [0.1, 0.15) is 22.2 Å². The molecule has 50 heavy (non-hydrogen) atoms. The standard InChI is InChI=1S/C22H22N4O2S3.C16H14O3/c1-3-7-19-15(5-1)23-21(29-19)17-13-25(9-11-27-17)31-26-10-12-28-18(14-26)22-24-16-6-2-4-8-20(16)30-22;1-11(16(18)19)13-8-5-9-14(10-13)15(17)12-6-3-2-4-7-12/h1-8,17-18H,9-14H2;2-11H,1H3,(H,18,19). The molecule has 2 fully saturated rings. The van der Waals surface area contributed by atoms with E-state index < -0.39 is 11.9 Å². The van der Waals surface area contributed by atoms with Crippen molar-refractivity contribution in [3.8, 4) is 0 Å². The lowest BCUT2D eigenvalue weighted by Crippen LogP contribution is -2.40. The lowest BCUT2D eigenvalue weighted by Gasteiger charge is -2.37. The van der Waals surface area contributed by atoms with Crippen molar-refractivity contribution in [3.63, 3.8) is 0 Å². The second-order valence-electron chi connectivity index (χ2n) is 12.0. The van der Waals surface area contributed by atoms with Crippen molar-refractivity contribution in [1.82, 2.24) is 18.6 Å². The van der Waals surface area contributed by atoms with Crippen LogP contribution in [0.1, 0.15) is 56.5 Å². The predicted molar refractivity (Wildman–Crippen MR) is 200 cm³/mol. The number of ether oxygens (including phenoxy) is 2. The average Bonchev–Trinajstić information content (AvgIpc) is 3.80. The minimum atomic E-state index is -0.899. The van der Waals surface area contributed by atoms with E-state index in [2.05, 4.69) is 45.0 Å². The zero-order valence-electron chi connectivity index (χ0n) is 27.4. The zero-order chi connectivity index (χ0) is 34.5. The highest BCUT2D eigenvalue weighted by Crippen LogP contribution is 2.36. The Morgan fingerprint density at radius 3 is 1.80 bits per heavy atom. The summed E-state index contributed by atoms with van der Waals surface area (Å²) < 4.78 is 19.4. The van der Waals surface area contributed by atoms with Crippen LogP contribution < -0.4 is 0 Å². The van der Waals surface area contributed by atoms with Crippen LogP contribution in [0.2, 0.25) is 0 Å². The van der Waals surface area contributed by atoms with Crippen molar-refractivity contribution in [2.24, 2.45) is 0 Å². The van der Waals surface area contributed by atoms with E-state index in [1.54, 1.807) is 78.1 Å². The van der Waals surface area contributed by atoms with Gasteiger partial charge in [0, 0.05) is 49.4 Å². The highest BCUT2D eigenvalue weighted by molar-refractivity contribution is 7.94. The first-order chi connectivity index (χ1) is 24.4. The molecule has 0 amide bonds. The maximum atomic E-state index is 12.2. The molecule has 1 N–H and O–H groups in total. The number of nitrogens with zero attached hydrogens (tertiary/aromatic N) is 4.